The van der Waals surface area contributed by atoms with E-state index in [9.17, 15) is 4.79 Å². The number of rotatable bonds is 2. The SMILES string of the molecule is CC(C)/C=C1\N=C(c2ccccc2)OC1=O. The van der Waals surface area contributed by atoms with Crippen molar-refractivity contribution in [2.45, 2.75) is 13.8 Å². The lowest BCUT2D eigenvalue weighted by molar-refractivity contribution is -0.130. The van der Waals surface area contributed by atoms with Crippen molar-refractivity contribution >= 4 is 11.9 Å². The van der Waals surface area contributed by atoms with E-state index in [1.807, 2.05) is 44.2 Å². The van der Waals surface area contributed by atoms with Crippen LogP contribution in [0.4, 0.5) is 0 Å². The number of ether oxygens (including phenoxy) is 1. The quantitative estimate of drug-likeness (QED) is 0.561. The lowest BCUT2D eigenvalue weighted by atomic mass is 10.2. The number of nitrogens with zero attached hydrogens (tertiary/aromatic N) is 1. The minimum Gasteiger partial charge on any atom is -0.402 e. The van der Waals surface area contributed by atoms with E-state index in [4.69, 9.17) is 4.74 Å². The number of esters is 1. The number of hydrogen-bond acceptors (Lipinski definition) is 3. The average molecular weight is 215 g/mol. The van der Waals surface area contributed by atoms with Crippen LogP contribution < -0.4 is 0 Å². The third-order valence-electron chi connectivity index (χ3n) is 2.13. The number of carbonyl (C=O) groups excluding carboxylic acids is 1. The molecule has 0 aromatic heterocycles. The molecule has 1 aromatic carbocycles. The molecule has 1 aromatic rings. The summed E-state index contributed by atoms with van der Waals surface area (Å²) in [5.74, 6) is 0.298. The Morgan fingerprint density at radius 3 is 2.56 bits per heavy atom. The van der Waals surface area contributed by atoms with Gasteiger partial charge in [-0.2, -0.15) is 0 Å². The van der Waals surface area contributed by atoms with Crippen LogP contribution >= 0.6 is 0 Å². The molecule has 0 spiro atoms. The molecule has 0 unspecified atom stereocenters. The van der Waals surface area contributed by atoms with E-state index in [1.165, 1.54) is 0 Å². The number of cyclic esters (lactones) is 1. The predicted molar refractivity (Wildman–Crippen MR) is 62.0 cm³/mol. The van der Waals surface area contributed by atoms with Crippen LogP contribution in [0.5, 0.6) is 0 Å². The zero-order chi connectivity index (χ0) is 11.5. The van der Waals surface area contributed by atoms with Crippen molar-refractivity contribution in [3.05, 3.63) is 47.7 Å². The summed E-state index contributed by atoms with van der Waals surface area (Å²) in [6.07, 6.45) is 1.80. The van der Waals surface area contributed by atoms with Crippen molar-refractivity contribution < 1.29 is 9.53 Å². The van der Waals surface area contributed by atoms with Gasteiger partial charge in [0.05, 0.1) is 0 Å². The van der Waals surface area contributed by atoms with Crippen LogP contribution in [0.2, 0.25) is 0 Å². The maximum atomic E-state index is 11.5. The molecule has 0 saturated heterocycles. The molecule has 0 N–H and O–H groups in total. The van der Waals surface area contributed by atoms with Gasteiger partial charge in [-0.3, -0.25) is 0 Å². The van der Waals surface area contributed by atoms with Crippen LogP contribution in [-0.2, 0) is 9.53 Å². The van der Waals surface area contributed by atoms with E-state index in [-0.39, 0.29) is 11.9 Å². The number of aliphatic imine (C=N–C) groups is 1. The summed E-state index contributed by atoms with van der Waals surface area (Å²) in [6, 6.07) is 9.41. The highest BCUT2D eigenvalue weighted by Crippen LogP contribution is 2.17. The molecule has 3 heteroatoms. The van der Waals surface area contributed by atoms with Crippen molar-refractivity contribution in [3.63, 3.8) is 0 Å². The summed E-state index contributed by atoms with van der Waals surface area (Å²) in [4.78, 5) is 15.7. The lowest BCUT2D eigenvalue weighted by Crippen LogP contribution is -2.05. The molecule has 3 nitrogen and oxygen atoms in total. The number of allylic oxidation sites excluding steroid dienone is 1. The molecule has 0 atom stereocenters. The van der Waals surface area contributed by atoms with Crippen molar-refractivity contribution in [3.8, 4) is 0 Å². The van der Waals surface area contributed by atoms with Crippen LogP contribution in [0.25, 0.3) is 0 Å². The molecular weight excluding hydrogens is 202 g/mol. The molecule has 82 valence electrons. The van der Waals surface area contributed by atoms with Crippen molar-refractivity contribution in [1.82, 2.24) is 0 Å². The first-order chi connectivity index (χ1) is 7.66. The molecule has 1 aliphatic heterocycles. The second-order valence-electron chi connectivity index (χ2n) is 3.97. The van der Waals surface area contributed by atoms with Gasteiger partial charge in [-0.15, -0.1) is 0 Å². The minimum atomic E-state index is -0.368. The Kier molecular flexibility index (Phi) is 2.86. The Labute approximate surface area is 94.5 Å². The fourth-order valence-corrected chi connectivity index (χ4v) is 1.44. The third-order valence-corrected chi connectivity index (χ3v) is 2.13. The fourth-order valence-electron chi connectivity index (χ4n) is 1.44. The van der Waals surface area contributed by atoms with Crippen molar-refractivity contribution in [2.24, 2.45) is 10.9 Å². The van der Waals surface area contributed by atoms with Crippen molar-refractivity contribution in [2.75, 3.05) is 0 Å². The lowest BCUT2D eigenvalue weighted by Gasteiger charge is -1.97. The number of carbonyl (C=O) groups is 1. The first kappa shape index (κ1) is 10.6. The zero-order valence-corrected chi connectivity index (χ0v) is 9.31. The zero-order valence-electron chi connectivity index (χ0n) is 9.31. The Morgan fingerprint density at radius 1 is 1.25 bits per heavy atom. The van der Waals surface area contributed by atoms with E-state index in [1.54, 1.807) is 6.08 Å². The second-order valence-corrected chi connectivity index (χ2v) is 3.97. The van der Waals surface area contributed by atoms with Crippen LogP contribution in [0, 0.1) is 5.92 Å². The van der Waals surface area contributed by atoms with Gasteiger partial charge in [-0.05, 0) is 24.1 Å². The molecule has 0 aliphatic carbocycles. The summed E-state index contributed by atoms with van der Waals surface area (Å²) < 4.78 is 5.10. The third kappa shape index (κ3) is 2.19. The second kappa shape index (κ2) is 4.31. The fraction of sp³-hybridized carbons (Fsp3) is 0.231. The number of benzene rings is 1. The summed E-state index contributed by atoms with van der Waals surface area (Å²) in [7, 11) is 0. The Hall–Kier alpha value is -1.90. The first-order valence-corrected chi connectivity index (χ1v) is 5.25. The van der Waals surface area contributed by atoms with Crippen molar-refractivity contribution in [1.29, 1.82) is 0 Å². The first-order valence-electron chi connectivity index (χ1n) is 5.25. The predicted octanol–water partition coefficient (Wildman–Crippen LogP) is 2.53. The summed E-state index contributed by atoms with van der Waals surface area (Å²) in [6.45, 7) is 3.99. The highest BCUT2D eigenvalue weighted by atomic mass is 16.6. The van der Waals surface area contributed by atoms with E-state index >= 15 is 0 Å². The highest BCUT2D eigenvalue weighted by molar-refractivity contribution is 6.11. The van der Waals surface area contributed by atoms with Crippen LogP contribution in [0.1, 0.15) is 19.4 Å². The molecule has 0 bridgehead atoms. The molecule has 2 rings (SSSR count). The van der Waals surface area contributed by atoms with E-state index in [0.717, 1.165) is 5.56 Å². The molecular formula is C13H13NO2. The molecule has 0 amide bonds. The molecule has 1 aliphatic rings. The van der Waals surface area contributed by atoms with Crippen LogP contribution in [0.15, 0.2) is 47.1 Å². The maximum Gasteiger partial charge on any atom is 0.363 e. The molecule has 1 heterocycles. The smallest absolute Gasteiger partial charge is 0.363 e. The average Bonchev–Trinajstić information content (AvgIpc) is 2.61. The van der Waals surface area contributed by atoms with Gasteiger partial charge in [0.1, 0.15) is 5.70 Å². The summed E-state index contributed by atoms with van der Waals surface area (Å²) in [5, 5.41) is 0. The molecule has 0 radical (unpaired) electrons. The van der Waals surface area contributed by atoms with Gasteiger partial charge in [0.25, 0.3) is 0 Å². The van der Waals surface area contributed by atoms with Gasteiger partial charge in [0.15, 0.2) is 0 Å². The molecule has 0 fully saturated rings. The summed E-state index contributed by atoms with van der Waals surface area (Å²) in [5.41, 5.74) is 1.22. The standard InChI is InChI=1S/C13H13NO2/c1-9(2)8-11-13(15)16-12(14-11)10-6-4-3-5-7-10/h3-9H,1-2H3/b11-8-. The van der Waals surface area contributed by atoms with Gasteiger partial charge in [0.2, 0.25) is 5.90 Å². The normalized spacial score (nSPS) is 17.8. The van der Waals surface area contributed by atoms with Gasteiger partial charge >= 0.3 is 5.97 Å². The monoisotopic (exact) mass is 215 g/mol. The van der Waals surface area contributed by atoms with Crippen LogP contribution in [-0.4, -0.2) is 11.9 Å². The Balaban J connectivity index is 2.30. The van der Waals surface area contributed by atoms with Crippen LogP contribution in [0.3, 0.4) is 0 Å². The summed E-state index contributed by atoms with van der Waals surface area (Å²) >= 11 is 0. The van der Waals surface area contributed by atoms with Gasteiger partial charge in [0, 0.05) is 5.56 Å². The largest absolute Gasteiger partial charge is 0.402 e. The number of hydrogen-bond donors (Lipinski definition) is 0. The van der Waals surface area contributed by atoms with Gasteiger partial charge < -0.3 is 4.74 Å². The van der Waals surface area contributed by atoms with Gasteiger partial charge in [-0.25, -0.2) is 9.79 Å². The Morgan fingerprint density at radius 2 is 1.94 bits per heavy atom. The highest BCUT2D eigenvalue weighted by Gasteiger charge is 2.23. The minimum absolute atomic E-state index is 0.279. The molecule has 16 heavy (non-hydrogen) atoms. The van der Waals surface area contributed by atoms with Gasteiger partial charge in [-0.1, -0.05) is 32.0 Å². The topological polar surface area (TPSA) is 38.7 Å². The maximum absolute atomic E-state index is 11.5. The van der Waals surface area contributed by atoms with E-state index in [0.29, 0.717) is 11.6 Å². The van der Waals surface area contributed by atoms with E-state index < -0.39 is 0 Å². The van der Waals surface area contributed by atoms with E-state index in [2.05, 4.69) is 4.99 Å². The Bertz CT molecular complexity index is 458. The molecule has 0 saturated carbocycles.